The number of aryl methyl sites for hydroxylation is 1. The third-order valence-electron chi connectivity index (χ3n) is 4.18. The molecule has 25 heavy (non-hydrogen) atoms. The van der Waals surface area contributed by atoms with Crippen LogP contribution in [0.1, 0.15) is 30.2 Å². The van der Waals surface area contributed by atoms with Crippen LogP contribution in [0.2, 0.25) is 0 Å². The van der Waals surface area contributed by atoms with Crippen LogP contribution in [-0.2, 0) is 12.8 Å². The van der Waals surface area contributed by atoms with E-state index in [1.165, 1.54) is 11.3 Å². The van der Waals surface area contributed by atoms with Gasteiger partial charge in [0.1, 0.15) is 11.4 Å². The van der Waals surface area contributed by atoms with Crippen LogP contribution in [0.3, 0.4) is 0 Å². The van der Waals surface area contributed by atoms with Gasteiger partial charge in [-0.3, -0.25) is 5.10 Å². The minimum absolute atomic E-state index is 0.437. The summed E-state index contributed by atoms with van der Waals surface area (Å²) in [6.45, 7) is 2.61. The number of fused-ring (bicyclic) bond motifs is 1. The second kappa shape index (κ2) is 6.64. The standard InChI is InChI=1S/C17H18N6OS/c1-2-24-12-8-6-11(7-9-12)10-18-23-16(21-22-17(23)25)15-13-4-3-5-14(13)19-20-15/h6-10H,2-5H2,1H3,(H,19,20)(H,22,25). The molecule has 1 aliphatic carbocycles. The quantitative estimate of drug-likeness (QED) is 0.545. The Morgan fingerprint density at radius 3 is 2.88 bits per heavy atom. The van der Waals surface area contributed by atoms with E-state index in [-0.39, 0.29) is 0 Å². The smallest absolute Gasteiger partial charge is 0.216 e. The Morgan fingerprint density at radius 1 is 1.24 bits per heavy atom. The summed E-state index contributed by atoms with van der Waals surface area (Å²) in [5.74, 6) is 1.47. The third kappa shape index (κ3) is 3.00. The van der Waals surface area contributed by atoms with Crippen LogP contribution in [0.4, 0.5) is 0 Å². The summed E-state index contributed by atoms with van der Waals surface area (Å²) in [6.07, 6.45) is 4.92. The highest BCUT2D eigenvalue weighted by atomic mass is 32.1. The van der Waals surface area contributed by atoms with E-state index in [0.29, 0.717) is 17.2 Å². The van der Waals surface area contributed by atoms with Crippen molar-refractivity contribution >= 4 is 18.4 Å². The normalized spacial score (nSPS) is 13.5. The molecule has 0 atom stereocenters. The van der Waals surface area contributed by atoms with Gasteiger partial charge in [0, 0.05) is 11.3 Å². The fourth-order valence-electron chi connectivity index (χ4n) is 3.00. The molecule has 8 heteroatoms. The Kier molecular flexibility index (Phi) is 4.19. The first-order valence-corrected chi connectivity index (χ1v) is 8.68. The van der Waals surface area contributed by atoms with Crippen LogP contribution in [-0.4, -0.2) is 37.9 Å². The van der Waals surface area contributed by atoms with Gasteiger partial charge >= 0.3 is 0 Å². The van der Waals surface area contributed by atoms with Gasteiger partial charge in [0.05, 0.1) is 12.8 Å². The first-order valence-electron chi connectivity index (χ1n) is 8.27. The molecule has 0 fully saturated rings. The van der Waals surface area contributed by atoms with E-state index in [1.807, 2.05) is 31.2 Å². The predicted molar refractivity (Wildman–Crippen MR) is 97.6 cm³/mol. The summed E-state index contributed by atoms with van der Waals surface area (Å²) in [5, 5.41) is 19.1. The van der Waals surface area contributed by atoms with Crippen molar-refractivity contribution in [1.82, 2.24) is 25.1 Å². The van der Waals surface area contributed by atoms with E-state index in [0.717, 1.165) is 36.3 Å². The van der Waals surface area contributed by atoms with Crippen molar-refractivity contribution in [3.8, 4) is 17.3 Å². The molecule has 0 spiro atoms. The Labute approximate surface area is 149 Å². The molecule has 4 rings (SSSR count). The number of aromatic nitrogens is 5. The van der Waals surface area contributed by atoms with E-state index in [4.69, 9.17) is 17.0 Å². The largest absolute Gasteiger partial charge is 0.494 e. The molecule has 0 saturated carbocycles. The van der Waals surface area contributed by atoms with Crippen molar-refractivity contribution in [1.29, 1.82) is 0 Å². The maximum absolute atomic E-state index is 5.45. The lowest BCUT2D eigenvalue weighted by molar-refractivity contribution is 0.340. The van der Waals surface area contributed by atoms with Gasteiger partial charge in [0.25, 0.3) is 0 Å². The first-order chi connectivity index (χ1) is 12.3. The van der Waals surface area contributed by atoms with Crippen LogP contribution in [0.5, 0.6) is 5.75 Å². The number of H-pyrrole nitrogens is 2. The number of nitrogens with zero attached hydrogens (tertiary/aromatic N) is 4. The summed E-state index contributed by atoms with van der Waals surface area (Å²) in [5.41, 5.74) is 4.17. The fraction of sp³-hybridized carbons (Fsp3) is 0.294. The van der Waals surface area contributed by atoms with Crippen LogP contribution < -0.4 is 4.74 Å². The third-order valence-corrected chi connectivity index (χ3v) is 4.45. The topological polar surface area (TPSA) is 83.9 Å². The average molecular weight is 354 g/mol. The van der Waals surface area contributed by atoms with Gasteiger partial charge in [-0.15, -0.1) is 0 Å². The number of rotatable bonds is 5. The minimum atomic E-state index is 0.437. The zero-order chi connectivity index (χ0) is 17.2. The second-order valence-corrected chi connectivity index (χ2v) is 6.18. The Morgan fingerprint density at radius 2 is 2.08 bits per heavy atom. The number of nitrogens with one attached hydrogen (secondary N) is 2. The van der Waals surface area contributed by atoms with E-state index >= 15 is 0 Å². The molecule has 128 valence electrons. The number of hydrogen-bond acceptors (Lipinski definition) is 5. The number of benzene rings is 1. The molecule has 3 aromatic rings. The van der Waals surface area contributed by atoms with Crippen molar-refractivity contribution in [3.05, 3.63) is 45.9 Å². The molecule has 2 heterocycles. The molecule has 7 nitrogen and oxygen atoms in total. The molecule has 2 N–H and O–H groups in total. The predicted octanol–water partition coefficient (Wildman–Crippen LogP) is 3.10. The summed E-state index contributed by atoms with van der Waals surface area (Å²) in [7, 11) is 0. The Hall–Kier alpha value is -2.74. The molecule has 0 unspecified atom stereocenters. The maximum Gasteiger partial charge on any atom is 0.216 e. The Bertz CT molecular complexity index is 966. The summed E-state index contributed by atoms with van der Waals surface area (Å²) >= 11 is 5.32. The van der Waals surface area contributed by atoms with Crippen molar-refractivity contribution in [3.63, 3.8) is 0 Å². The summed E-state index contributed by atoms with van der Waals surface area (Å²) in [4.78, 5) is 0. The lowest BCUT2D eigenvalue weighted by Crippen LogP contribution is -1.97. The highest BCUT2D eigenvalue weighted by Gasteiger charge is 2.23. The van der Waals surface area contributed by atoms with Gasteiger partial charge in [-0.05, 0) is 68.2 Å². The molecular weight excluding hydrogens is 336 g/mol. The van der Waals surface area contributed by atoms with Crippen molar-refractivity contribution < 1.29 is 4.74 Å². The summed E-state index contributed by atoms with van der Waals surface area (Å²) < 4.78 is 7.50. The first kappa shape index (κ1) is 15.8. The zero-order valence-corrected chi connectivity index (χ0v) is 14.6. The lowest BCUT2D eigenvalue weighted by Gasteiger charge is -2.02. The SMILES string of the molecule is CCOc1ccc(C=Nn2c(-c3n[nH]c4c3CCC4)n[nH]c2=S)cc1. The molecule has 0 saturated heterocycles. The highest BCUT2D eigenvalue weighted by Crippen LogP contribution is 2.29. The molecule has 1 aliphatic rings. The van der Waals surface area contributed by atoms with Crippen molar-refractivity contribution in [2.45, 2.75) is 26.2 Å². The lowest BCUT2D eigenvalue weighted by atomic mass is 10.2. The molecule has 0 radical (unpaired) electrons. The van der Waals surface area contributed by atoms with Crippen molar-refractivity contribution in [2.24, 2.45) is 5.10 Å². The molecular formula is C17H18N6OS. The minimum Gasteiger partial charge on any atom is -0.494 e. The van der Waals surface area contributed by atoms with Crippen LogP contribution >= 0.6 is 12.2 Å². The van der Waals surface area contributed by atoms with E-state index in [1.54, 1.807) is 10.9 Å². The number of hydrogen-bond donors (Lipinski definition) is 2. The zero-order valence-electron chi connectivity index (χ0n) is 13.8. The fourth-order valence-corrected chi connectivity index (χ4v) is 3.18. The van der Waals surface area contributed by atoms with Gasteiger partial charge < -0.3 is 4.74 Å². The average Bonchev–Trinajstić information content (AvgIpc) is 3.31. The van der Waals surface area contributed by atoms with Crippen LogP contribution in [0.15, 0.2) is 29.4 Å². The Balaban J connectivity index is 1.65. The van der Waals surface area contributed by atoms with Gasteiger partial charge in [-0.1, -0.05) is 0 Å². The van der Waals surface area contributed by atoms with E-state index < -0.39 is 0 Å². The molecule has 0 bridgehead atoms. The van der Waals surface area contributed by atoms with E-state index in [9.17, 15) is 0 Å². The van der Waals surface area contributed by atoms with Gasteiger partial charge in [-0.2, -0.15) is 20.0 Å². The van der Waals surface area contributed by atoms with E-state index in [2.05, 4.69) is 25.5 Å². The number of ether oxygens (including phenoxy) is 1. The van der Waals surface area contributed by atoms with Crippen LogP contribution in [0, 0.1) is 4.77 Å². The molecule has 1 aromatic carbocycles. The highest BCUT2D eigenvalue weighted by molar-refractivity contribution is 7.71. The molecule has 0 aliphatic heterocycles. The maximum atomic E-state index is 5.45. The second-order valence-electron chi connectivity index (χ2n) is 5.79. The van der Waals surface area contributed by atoms with Gasteiger partial charge in [0.15, 0.2) is 0 Å². The number of aromatic amines is 2. The van der Waals surface area contributed by atoms with Gasteiger partial charge in [0.2, 0.25) is 10.6 Å². The monoisotopic (exact) mass is 354 g/mol. The van der Waals surface area contributed by atoms with Crippen molar-refractivity contribution in [2.75, 3.05) is 6.61 Å². The molecule has 0 amide bonds. The summed E-state index contributed by atoms with van der Waals surface area (Å²) in [6, 6.07) is 7.73. The van der Waals surface area contributed by atoms with Crippen LogP contribution in [0.25, 0.3) is 11.5 Å². The van der Waals surface area contributed by atoms with Gasteiger partial charge in [-0.25, -0.2) is 5.10 Å². The molecule has 2 aromatic heterocycles.